The van der Waals surface area contributed by atoms with Gasteiger partial charge in [0, 0.05) is 0 Å². The first-order chi connectivity index (χ1) is 11.9. The van der Waals surface area contributed by atoms with E-state index < -0.39 is 0 Å². The molecule has 0 N–H and O–H groups in total. The first-order valence-electron chi connectivity index (χ1n) is 8.68. The topological polar surface area (TPSA) is 9.23 Å². The van der Waals surface area contributed by atoms with Crippen LogP contribution in [0.2, 0.25) is 6.32 Å². The highest BCUT2D eigenvalue weighted by Crippen LogP contribution is 2.31. The molecule has 24 heavy (non-hydrogen) atoms. The first kappa shape index (κ1) is 14.0. The maximum absolute atomic E-state index is 5.33. The molecule has 1 nitrogen and oxygen atoms in total. The van der Waals surface area contributed by atoms with Crippen molar-refractivity contribution in [1.82, 2.24) is 0 Å². The van der Waals surface area contributed by atoms with Crippen molar-refractivity contribution in [3.05, 3.63) is 78.4 Å². The number of hydrogen-bond acceptors (Lipinski definition) is 1. The third kappa shape index (κ3) is 2.19. The van der Waals surface area contributed by atoms with E-state index in [9.17, 15) is 0 Å². The van der Waals surface area contributed by atoms with Gasteiger partial charge < -0.3 is 4.74 Å². The van der Waals surface area contributed by atoms with Crippen molar-refractivity contribution in [2.45, 2.75) is 12.1 Å². The molecule has 0 saturated heterocycles. The van der Waals surface area contributed by atoms with Crippen molar-refractivity contribution in [3.8, 4) is 5.75 Å². The Morgan fingerprint density at radius 2 is 1.29 bits per heavy atom. The lowest BCUT2D eigenvalue weighted by Gasteiger charge is -2.15. The van der Waals surface area contributed by atoms with Crippen LogP contribution in [0.3, 0.4) is 0 Å². The maximum atomic E-state index is 5.33. The SMILES string of the molecule is COc1ccc(C(CB2c3ccccc32)B2c3ccccc32)cc1. The van der Waals surface area contributed by atoms with Crippen molar-refractivity contribution in [1.29, 1.82) is 0 Å². The normalized spacial score (nSPS) is 14.7. The Balaban J connectivity index is 1.45. The van der Waals surface area contributed by atoms with Crippen LogP contribution in [-0.2, 0) is 0 Å². The third-order valence-corrected chi connectivity index (χ3v) is 5.68. The summed E-state index contributed by atoms with van der Waals surface area (Å²) in [5.41, 5.74) is 7.57. The smallest absolute Gasteiger partial charge is 0.214 e. The van der Waals surface area contributed by atoms with Gasteiger partial charge in [-0.3, -0.25) is 0 Å². The molecule has 0 aromatic heterocycles. The van der Waals surface area contributed by atoms with E-state index in [0.29, 0.717) is 19.2 Å². The van der Waals surface area contributed by atoms with Crippen LogP contribution >= 0.6 is 0 Å². The van der Waals surface area contributed by atoms with E-state index >= 15 is 0 Å². The Morgan fingerprint density at radius 1 is 0.750 bits per heavy atom. The number of rotatable bonds is 5. The fourth-order valence-corrected chi connectivity index (χ4v) is 4.30. The van der Waals surface area contributed by atoms with Gasteiger partial charge in [-0.2, -0.15) is 0 Å². The quantitative estimate of drug-likeness (QED) is 0.650. The van der Waals surface area contributed by atoms with Crippen LogP contribution in [-0.4, -0.2) is 20.5 Å². The van der Waals surface area contributed by atoms with Crippen LogP contribution in [0.5, 0.6) is 5.75 Å². The van der Waals surface area contributed by atoms with Gasteiger partial charge in [0.1, 0.15) is 5.75 Å². The molecule has 0 amide bonds. The van der Waals surface area contributed by atoms with Gasteiger partial charge in [0.05, 0.1) is 7.11 Å². The lowest BCUT2D eigenvalue weighted by molar-refractivity contribution is 0.414. The third-order valence-electron chi connectivity index (χ3n) is 5.68. The molecule has 3 aromatic rings. The standard InChI is InChI=1S/C21H18B2O/c1-24-16-12-10-15(11-13-16)21(23-19-8-4-5-9-20(19)23)14-22-17-6-2-3-7-18(17)22/h2-13,21H,14H2,1H3. The maximum Gasteiger partial charge on any atom is 0.214 e. The number of ether oxygens (including phenoxy) is 1. The van der Waals surface area contributed by atoms with E-state index in [4.69, 9.17) is 4.74 Å². The largest absolute Gasteiger partial charge is 0.497 e. The molecule has 114 valence electrons. The van der Waals surface area contributed by atoms with Crippen molar-refractivity contribution in [2.75, 3.05) is 7.11 Å². The lowest BCUT2D eigenvalue weighted by Crippen LogP contribution is -2.24. The molecule has 0 bridgehead atoms. The van der Waals surface area contributed by atoms with E-state index in [-0.39, 0.29) is 0 Å². The number of hydrogen-bond donors (Lipinski definition) is 0. The molecular formula is C21H18B2O. The Labute approximate surface area is 143 Å². The van der Waals surface area contributed by atoms with Gasteiger partial charge in [0.25, 0.3) is 0 Å². The van der Waals surface area contributed by atoms with Crippen LogP contribution < -0.4 is 26.6 Å². The summed E-state index contributed by atoms with van der Waals surface area (Å²) >= 11 is 0. The van der Waals surface area contributed by atoms with Crippen LogP contribution in [0.15, 0.2) is 72.8 Å². The summed E-state index contributed by atoms with van der Waals surface area (Å²) in [6, 6.07) is 26.5. The van der Waals surface area contributed by atoms with E-state index in [1.165, 1.54) is 22.8 Å². The summed E-state index contributed by atoms with van der Waals surface area (Å²) in [4.78, 5) is 0. The fourth-order valence-electron chi connectivity index (χ4n) is 4.30. The lowest BCUT2D eigenvalue weighted by atomic mass is 9.42. The summed E-state index contributed by atoms with van der Waals surface area (Å²) in [6.45, 7) is 1.23. The molecule has 2 heterocycles. The minimum Gasteiger partial charge on any atom is -0.497 e. The van der Waals surface area contributed by atoms with Crippen LogP contribution in [0.1, 0.15) is 11.4 Å². The molecule has 0 spiro atoms. The van der Waals surface area contributed by atoms with Crippen molar-refractivity contribution in [2.24, 2.45) is 0 Å². The highest BCUT2D eigenvalue weighted by molar-refractivity contribution is 7.06. The summed E-state index contributed by atoms with van der Waals surface area (Å²) in [5, 5.41) is 0. The molecule has 3 aromatic carbocycles. The Morgan fingerprint density at radius 3 is 1.83 bits per heavy atom. The molecule has 5 rings (SSSR count). The second kappa shape index (κ2) is 5.31. The molecule has 0 radical (unpaired) electrons. The molecular weight excluding hydrogens is 290 g/mol. The Hall–Kier alpha value is -2.41. The summed E-state index contributed by atoms with van der Waals surface area (Å²) in [6.07, 6.45) is 1.20. The van der Waals surface area contributed by atoms with E-state index in [1.54, 1.807) is 18.0 Å². The number of fused-ring (bicyclic) bond motifs is 2. The zero-order valence-corrected chi connectivity index (χ0v) is 13.8. The van der Waals surface area contributed by atoms with Crippen molar-refractivity contribution < 1.29 is 4.74 Å². The van der Waals surface area contributed by atoms with Gasteiger partial charge in [-0.15, -0.1) is 0 Å². The second-order valence-corrected chi connectivity index (χ2v) is 6.90. The Bertz CT molecular complexity index is 858. The van der Waals surface area contributed by atoms with E-state index in [0.717, 1.165) is 5.75 Å². The zero-order valence-electron chi connectivity index (χ0n) is 13.8. The van der Waals surface area contributed by atoms with Crippen molar-refractivity contribution in [3.63, 3.8) is 0 Å². The minimum atomic E-state index is 0.547. The van der Waals surface area contributed by atoms with Crippen LogP contribution in [0, 0.1) is 0 Å². The fraction of sp³-hybridized carbons (Fsp3) is 0.143. The van der Waals surface area contributed by atoms with E-state index in [2.05, 4.69) is 72.8 Å². The molecule has 2 aliphatic rings. The molecule has 0 aliphatic carbocycles. The van der Waals surface area contributed by atoms with Gasteiger partial charge in [-0.1, -0.05) is 94.4 Å². The van der Waals surface area contributed by atoms with Gasteiger partial charge >= 0.3 is 0 Å². The molecule has 1 atom stereocenters. The monoisotopic (exact) mass is 308 g/mol. The van der Waals surface area contributed by atoms with Gasteiger partial charge in [0.15, 0.2) is 0 Å². The van der Waals surface area contributed by atoms with Gasteiger partial charge in [-0.05, 0) is 17.9 Å². The molecule has 3 heteroatoms. The Kier molecular flexibility index (Phi) is 3.09. The molecule has 0 saturated carbocycles. The number of methoxy groups -OCH3 is 1. The van der Waals surface area contributed by atoms with Crippen LogP contribution in [0.4, 0.5) is 0 Å². The predicted octanol–water partition coefficient (Wildman–Crippen LogP) is 1.56. The van der Waals surface area contributed by atoms with Crippen LogP contribution in [0.25, 0.3) is 0 Å². The highest BCUT2D eigenvalue weighted by Gasteiger charge is 2.47. The second-order valence-electron chi connectivity index (χ2n) is 6.90. The summed E-state index contributed by atoms with van der Waals surface area (Å²) in [5.74, 6) is 1.48. The average Bonchev–Trinajstić information content (AvgIpc) is 3.54. The van der Waals surface area contributed by atoms with Gasteiger partial charge in [0.2, 0.25) is 13.4 Å². The summed E-state index contributed by atoms with van der Waals surface area (Å²) < 4.78 is 5.33. The molecule has 1 unspecified atom stereocenters. The van der Waals surface area contributed by atoms with Gasteiger partial charge in [-0.25, -0.2) is 0 Å². The van der Waals surface area contributed by atoms with Crippen molar-refractivity contribution >= 4 is 35.3 Å². The number of benzene rings is 3. The first-order valence-corrected chi connectivity index (χ1v) is 8.68. The average molecular weight is 308 g/mol. The highest BCUT2D eigenvalue weighted by atomic mass is 16.5. The zero-order chi connectivity index (χ0) is 16.1. The predicted molar refractivity (Wildman–Crippen MR) is 103 cm³/mol. The summed E-state index contributed by atoms with van der Waals surface area (Å²) in [7, 11) is 1.73. The minimum absolute atomic E-state index is 0.547. The van der Waals surface area contributed by atoms with E-state index in [1.807, 2.05) is 0 Å². The molecule has 0 fully saturated rings. The molecule has 2 aliphatic heterocycles.